The molecule has 1 atom stereocenters. The Bertz CT molecular complexity index is 633. The van der Waals surface area contributed by atoms with Gasteiger partial charge in [-0.2, -0.15) is 0 Å². The third-order valence-corrected chi connectivity index (χ3v) is 5.74. The number of piperazine rings is 1. The standard InChI is InChI=1S/C19H28N4O3/c1-15-7-9-22(10-8-15)19(24)16(2)20-11-13-21(14-12-20)17-3-5-18(6-4-17)23(25)26/h3-6,15-16H,7-14H2,1-2H3. The molecule has 0 radical (unpaired) electrons. The van der Waals surface area contributed by atoms with E-state index in [1.165, 1.54) is 0 Å². The SMILES string of the molecule is CC1CCN(C(=O)C(C)N2CCN(c3ccc([N+](=O)[O-])cc3)CC2)CC1. The Hall–Kier alpha value is -2.15. The topological polar surface area (TPSA) is 69.9 Å². The highest BCUT2D eigenvalue weighted by Crippen LogP contribution is 2.22. The van der Waals surface area contributed by atoms with Gasteiger partial charge in [-0.15, -0.1) is 0 Å². The van der Waals surface area contributed by atoms with E-state index in [2.05, 4.69) is 16.7 Å². The number of carbonyl (C=O) groups is 1. The van der Waals surface area contributed by atoms with E-state index in [-0.39, 0.29) is 22.6 Å². The van der Waals surface area contributed by atoms with Crippen LogP contribution in [0.3, 0.4) is 0 Å². The number of anilines is 1. The largest absolute Gasteiger partial charge is 0.369 e. The Morgan fingerprint density at radius 2 is 1.65 bits per heavy atom. The van der Waals surface area contributed by atoms with E-state index in [1.807, 2.05) is 11.8 Å². The number of nitro benzene ring substituents is 1. The summed E-state index contributed by atoms with van der Waals surface area (Å²) in [5.74, 6) is 0.972. The van der Waals surface area contributed by atoms with Crippen LogP contribution in [0.4, 0.5) is 11.4 Å². The maximum Gasteiger partial charge on any atom is 0.269 e. The van der Waals surface area contributed by atoms with Gasteiger partial charge in [-0.05, 0) is 37.8 Å². The molecule has 0 spiro atoms. The molecule has 142 valence electrons. The fourth-order valence-corrected chi connectivity index (χ4v) is 3.80. The number of carbonyl (C=O) groups excluding carboxylic acids is 1. The lowest BCUT2D eigenvalue weighted by atomic mass is 9.98. The number of nitro groups is 1. The summed E-state index contributed by atoms with van der Waals surface area (Å²) >= 11 is 0. The van der Waals surface area contributed by atoms with Gasteiger partial charge in [-0.1, -0.05) is 6.92 Å². The number of amides is 1. The minimum absolute atomic E-state index is 0.0811. The van der Waals surface area contributed by atoms with Crippen molar-refractivity contribution in [3.63, 3.8) is 0 Å². The highest BCUT2D eigenvalue weighted by Gasteiger charge is 2.30. The molecule has 2 heterocycles. The van der Waals surface area contributed by atoms with Crippen molar-refractivity contribution in [2.24, 2.45) is 5.92 Å². The van der Waals surface area contributed by atoms with Crippen LogP contribution in [-0.4, -0.2) is 65.9 Å². The molecule has 1 unspecified atom stereocenters. The fraction of sp³-hybridized carbons (Fsp3) is 0.632. The van der Waals surface area contributed by atoms with Gasteiger partial charge >= 0.3 is 0 Å². The van der Waals surface area contributed by atoms with Crippen LogP contribution in [0.25, 0.3) is 0 Å². The van der Waals surface area contributed by atoms with Crippen LogP contribution < -0.4 is 4.90 Å². The summed E-state index contributed by atoms with van der Waals surface area (Å²) in [6.07, 6.45) is 2.21. The van der Waals surface area contributed by atoms with Crippen molar-refractivity contribution in [1.82, 2.24) is 9.80 Å². The number of hydrogen-bond donors (Lipinski definition) is 0. The molecule has 0 aliphatic carbocycles. The lowest BCUT2D eigenvalue weighted by Gasteiger charge is -2.40. The minimum atomic E-state index is -0.379. The summed E-state index contributed by atoms with van der Waals surface area (Å²) in [7, 11) is 0. The van der Waals surface area contributed by atoms with Crippen LogP contribution in [0.5, 0.6) is 0 Å². The molecule has 0 bridgehead atoms. The van der Waals surface area contributed by atoms with Crippen molar-refractivity contribution in [2.75, 3.05) is 44.2 Å². The molecule has 2 fully saturated rings. The molecular weight excluding hydrogens is 332 g/mol. The van der Waals surface area contributed by atoms with Gasteiger partial charge in [0, 0.05) is 57.1 Å². The summed E-state index contributed by atoms with van der Waals surface area (Å²) in [5, 5.41) is 10.8. The molecule has 26 heavy (non-hydrogen) atoms. The summed E-state index contributed by atoms with van der Waals surface area (Å²) in [6.45, 7) is 9.34. The molecule has 7 nitrogen and oxygen atoms in total. The van der Waals surface area contributed by atoms with Crippen LogP contribution in [0.15, 0.2) is 24.3 Å². The monoisotopic (exact) mass is 360 g/mol. The van der Waals surface area contributed by atoms with Crippen molar-refractivity contribution in [3.8, 4) is 0 Å². The van der Waals surface area contributed by atoms with Crippen LogP contribution in [0.1, 0.15) is 26.7 Å². The second-order valence-electron chi connectivity index (χ2n) is 7.48. The lowest BCUT2D eigenvalue weighted by molar-refractivity contribution is -0.384. The lowest BCUT2D eigenvalue weighted by Crippen LogP contribution is -2.55. The number of hydrogen-bond acceptors (Lipinski definition) is 5. The van der Waals surface area contributed by atoms with E-state index >= 15 is 0 Å². The molecule has 7 heteroatoms. The summed E-state index contributed by atoms with van der Waals surface area (Å²) in [6, 6.07) is 6.62. The number of piperidine rings is 1. The van der Waals surface area contributed by atoms with E-state index in [4.69, 9.17) is 0 Å². The van der Waals surface area contributed by atoms with Crippen LogP contribution in [0, 0.1) is 16.0 Å². The van der Waals surface area contributed by atoms with Gasteiger partial charge < -0.3 is 9.80 Å². The molecule has 0 aromatic heterocycles. The van der Waals surface area contributed by atoms with Gasteiger partial charge in [0.05, 0.1) is 11.0 Å². The van der Waals surface area contributed by atoms with Crippen LogP contribution in [0.2, 0.25) is 0 Å². The third kappa shape index (κ3) is 4.15. The molecule has 0 saturated carbocycles. The van der Waals surface area contributed by atoms with E-state index in [0.717, 1.165) is 63.7 Å². The first-order chi connectivity index (χ1) is 12.5. The Morgan fingerprint density at radius 1 is 1.08 bits per heavy atom. The van der Waals surface area contributed by atoms with Crippen molar-refractivity contribution in [2.45, 2.75) is 32.7 Å². The second kappa shape index (κ2) is 8.03. The van der Waals surface area contributed by atoms with Crippen LogP contribution in [-0.2, 0) is 4.79 Å². The Kier molecular flexibility index (Phi) is 5.76. The summed E-state index contributed by atoms with van der Waals surface area (Å²) in [4.78, 5) is 29.6. The number of nitrogens with zero attached hydrogens (tertiary/aromatic N) is 4. The first kappa shape index (κ1) is 18.6. The predicted molar refractivity (Wildman–Crippen MR) is 101 cm³/mol. The highest BCUT2D eigenvalue weighted by atomic mass is 16.6. The zero-order chi connectivity index (χ0) is 18.7. The summed E-state index contributed by atoms with van der Waals surface area (Å²) in [5.41, 5.74) is 1.11. The van der Waals surface area contributed by atoms with Gasteiger partial charge in [0.1, 0.15) is 0 Å². The molecule has 2 aliphatic rings. The minimum Gasteiger partial charge on any atom is -0.369 e. The van der Waals surface area contributed by atoms with Gasteiger partial charge in [0.15, 0.2) is 0 Å². The molecule has 2 saturated heterocycles. The average molecular weight is 360 g/mol. The first-order valence-electron chi connectivity index (χ1n) is 9.48. The Labute approximate surface area is 154 Å². The number of likely N-dealkylation sites (tertiary alicyclic amines) is 1. The number of benzene rings is 1. The zero-order valence-corrected chi connectivity index (χ0v) is 15.6. The van der Waals surface area contributed by atoms with Crippen molar-refractivity contribution >= 4 is 17.3 Å². The molecule has 1 amide bonds. The average Bonchev–Trinajstić information content (AvgIpc) is 2.67. The molecule has 0 N–H and O–H groups in total. The van der Waals surface area contributed by atoms with Crippen molar-refractivity contribution < 1.29 is 9.72 Å². The third-order valence-electron chi connectivity index (χ3n) is 5.74. The number of non-ortho nitro benzene ring substituents is 1. The van der Waals surface area contributed by atoms with E-state index in [0.29, 0.717) is 0 Å². The second-order valence-corrected chi connectivity index (χ2v) is 7.48. The maximum atomic E-state index is 12.8. The fourth-order valence-electron chi connectivity index (χ4n) is 3.80. The molecule has 1 aromatic carbocycles. The molecule has 1 aromatic rings. The van der Waals surface area contributed by atoms with Gasteiger partial charge in [0.2, 0.25) is 5.91 Å². The van der Waals surface area contributed by atoms with E-state index in [9.17, 15) is 14.9 Å². The summed E-state index contributed by atoms with van der Waals surface area (Å²) < 4.78 is 0. The predicted octanol–water partition coefficient (Wildman–Crippen LogP) is 2.36. The molecule has 2 aliphatic heterocycles. The Balaban J connectivity index is 1.52. The van der Waals surface area contributed by atoms with Gasteiger partial charge in [0.25, 0.3) is 5.69 Å². The van der Waals surface area contributed by atoms with Crippen molar-refractivity contribution in [1.29, 1.82) is 0 Å². The molecule has 3 rings (SSSR count). The van der Waals surface area contributed by atoms with Gasteiger partial charge in [-0.25, -0.2) is 0 Å². The highest BCUT2D eigenvalue weighted by molar-refractivity contribution is 5.81. The van der Waals surface area contributed by atoms with E-state index < -0.39 is 0 Å². The maximum absolute atomic E-state index is 12.8. The van der Waals surface area contributed by atoms with E-state index in [1.54, 1.807) is 24.3 Å². The first-order valence-corrected chi connectivity index (χ1v) is 9.48. The quantitative estimate of drug-likeness (QED) is 0.609. The molecular formula is C19H28N4O3. The van der Waals surface area contributed by atoms with Crippen LogP contribution >= 0.6 is 0 Å². The zero-order valence-electron chi connectivity index (χ0n) is 15.6. The normalized spacial score (nSPS) is 20.8. The van der Waals surface area contributed by atoms with Gasteiger partial charge in [-0.3, -0.25) is 19.8 Å². The Morgan fingerprint density at radius 3 is 2.19 bits per heavy atom. The smallest absolute Gasteiger partial charge is 0.269 e. The van der Waals surface area contributed by atoms with Crippen molar-refractivity contribution in [3.05, 3.63) is 34.4 Å². The number of rotatable bonds is 4.